The van der Waals surface area contributed by atoms with Gasteiger partial charge in [-0.25, -0.2) is 4.79 Å². The van der Waals surface area contributed by atoms with Gasteiger partial charge in [0.25, 0.3) is 0 Å². The molecule has 0 bridgehead atoms. The van der Waals surface area contributed by atoms with Crippen LogP contribution in [-0.4, -0.2) is 74.7 Å². The third kappa shape index (κ3) is 2.05. The first-order valence-corrected chi connectivity index (χ1v) is 14.0. The maximum absolute atomic E-state index is 13.0. The highest BCUT2D eigenvalue weighted by Crippen LogP contribution is 2.85. The van der Waals surface area contributed by atoms with Gasteiger partial charge in [-0.1, -0.05) is 20.8 Å². The van der Waals surface area contributed by atoms with E-state index in [1.807, 2.05) is 30.1 Å². The quantitative estimate of drug-likeness (QED) is 0.468. The van der Waals surface area contributed by atoms with Crippen LogP contribution in [0.3, 0.4) is 0 Å². The molecule has 3 saturated heterocycles. The van der Waals surface area contributed by atoms with Crippen molar-refractivity contribution in [2.75, 3.05) is 18.5 Å². The van der Waals surface area contributed by atoms with Crippen LogP contribution in [0.15, 0.2) is 35.5 Å². The second-order valence-electron chi connectivity index (χ2n) is 13.1. The number of aliphatic hydroxyl groups is 1. The lowest BCUT2D eigenvalue weighted by Gasteiger charge is -2.56. The number of epoxide rings is 3. The molecule has 0 amide bonds. The van der Waals surface area contributed by atoms with E-state index in [4.69, 9.17) is 18.9 Å². The maximum Gasteiger partial charge on any atom is 0.334 e. The Bertz CT molecular complexity index is 1500. The van der Waals surface area contributed by atoms with Gasteiger partial charge in [-0.2, -0.15) is 5.10 Å². The zero-order chi connectivity index (χ0) is 26.0. The third-order valence-corrected chi connectivity index (χ3v) is 11.7. The fourth-order valence-corrected chi connectivity index (χ4v) is 9.85. The monoisotopic (exact) mass is 519 g/mol. The summed E-state index contributed by atoms with van der Waals surface area (Å²) in [7, 11) is 1.93. The molecule has 2 spiro atoms. The van der Waals surface area contributed by atoms with Crippen LogP contribution in [0.1, 0.15) is 40.0 Å². The van der Waals surface area contributed by atoms with Gasteiger partial charge in [0.1, 0.15) is 35.6 Å². The van der Waals surface area contributed by atoms with Crippen LogP contribution in [-0.2, 0) is 30.8 Å². The Hall–Kier alpha value is -2.46. The number of hydrogen-bond acceptors (Lipinski definition) is 8. The largest absolute Gasteiger partial charge is 0.458 e. The Morgan fingerprint density at radius 2 is 2.05 bits per heavy atom. The van der Waals surface area contributed by atoms with Gasteiger partial charge in [-0.15, -0.1) is 0 Å². The highest BCUT2D eigenvalue weighted by atomic mass is 16.7. The van der Waals surface area contributed by atoms with Crippen molar-refractivity contribution in [1.29, 1.82) is 0 Å². The lowest BCUT2D eigenvalue weighted by Crippen LogP contribution is -2.77. The maximum atomic E-state index is 13.0. The van der Waals surface area contributed by atoms with Crippen LogP contribution in [0.2, 0.25) is 0 Å². The van der Waals surface area contributed by atoms with Gasteiger partial charge in [-0.3, -0.25) is 4.68 Å². The van der Waals surface area contributed by atoms with Crippen LogP contribution in [0, 0.1) is 17.3 Å². The molecule has 9 atom stereocenters. The van der Waals surface area contributed by atoms with Gasteiger partial charge >= 0.3 is 5.97 Å². The molecule has 1 aromatic heterocycles. The molecule has 9 rings (SSSR count). The van der Waals surface area contributed by atoms with Gasteiger partial charge in [0.2, 0.25) is 0 Å². The molecule has 0 unspecified atom stereocenters. The Balaban J connectivity index is 1.14. The molecular formula is C29H33N3O6. The van der Waals surface area contributed by atoms with Crippen molar-refractivity contribution < 1.29 is 28.8 Å². The predicted molar refractivity (Wildman–Crippen MR) is 135 cm³/mol. The summed E-state index contributed by atoms with van der Waals surface area (Å²) in [4.78, 5) is 12.4. The number of cyclic esters (lactones) is 1. The molecule has 9 nitrogen and oxygen atoms in total. The Labute approximate surface area is 220 Å². The average Bonchev–Trinajstić information content (AvgIpc) is 3.81. The minimum atomic E-state index is -1.30. The zero-order valence-corrected chi connectivity index (χ0v) is 22.1. The molecule has 1 aromatic carbocycles. The van der Waals surface area contributed by atoms with E-state index in [1.165, 1.54) is 0 Å². The number of carbonyl (C=O) groups excluding carboxylic acids is 1. The minimum Gasteiger partial charge on any atom is -0.458 e. The van der Waals surface area contributed by atoms with Gasteiger partial charge in [0.05, 0.1) is 17.8 Å². The molecule has 0 radical (unpaired) electrons. The summed E-state index contributed by atoms with van der Waals surface area (Å²) < 4.78 is 27.4. The molecule has 2 N–H and O–H groups in total. The third-order valence-electron chi connectivity index (χ3n) is 11.7. The first-order chi connectivity index (χ1) is 18.1. The summed E-state index contributed by atoms with van der Waals surface area (Å²) in [6.07, 6.45) is 3.64. The molecule has 4 aliphatic heterocycles. The first-order valence-electron chi connectivity index (χ1n) is 14.0. The Morgan fingerprint density at radius 1 is 1.21 bits per heavy atom. The molecule has 2 aromatic rings. The second kappa shape index (κ2) is 6.30. The van der Waals surface area contributed by atoms with Crippen molar-refractivity contribution in [2.24, 2.45) is 24.3 Å². The van der Waals surface area contributed by atoms with Crippen molar-refractivity contribution >= 4 is 22.6 Å². The number of esters is 1. The van der Waals surface area contributed by atoms with Gasteiger partial charge in [0.15, 0.2) is 5.60 Å². The molecule has 5 fully saturated rings. The van der Waals surface area contributed by atoms with E-state index in [9.17, 15) is 9.90 Å². The number of rotatable bonds is 4. The number of aryl methyl sites for hydroxylation is 1. The van der Waals surface area contributed by atoms with Crippen molar-refractivity contribution in [3.63, 3.8) is 0 Å². The van der Waals surface area contributed by atoms with Gasteiger partial charge < -0.3 is 29.4 Å². The molecule has 9 heteroatoms. The van der Waals surface area contributed by atoms with E-state index >= 15 is 0 Å². The number of aromatic nitrogens is 2. The number of nitrogens with one attached hydrogen (secondary N) is 1. The van der Waals surface area contributed by atoms with E-state index in [2.05, 4.69) is 37.3 Å². The summed E-state index contributed by atoms with van der Waals surface area (Å²) in [6, 6.07) is 6.15. The van der Waals surface area contributed by atoms with Crippen molar-refractivity contribution in [3.05, 3.63) is 35.5 Å². The number of benzene rings is 1. The van der Waals surface area contributed by atoms with Gasteiger partial charge in [0, 0.05) is 35.7 Å². The fourth-order valence-electron chi connectivity index (χ4n) is 9.85. The van der Waals surface area contributed by atoms with E-state index < -0.39 is 22.4 Å². The van der Waals surface area contributed by atoms with E-state index in [0.29, 0.717) is 13.0 Å². The standard InChI is InChI=1S/C29H33N3O6/c1-14(2)27-22(37-27)23-29(38-23)25(3)8-7-17-18(12-35-24(17)33)19(25)10-21-28(29,36-21)26(27,34)13-30-16-5-6-20-15(9-16)11-31-32(20)4/h5-6,9,11,14,19,21-23,30,34H,7-8,10,12-13H2,1-4H3/t19-,21-,22-,23-,25-,26-,27-,28+,29+/m0/s1. The van der Waals surface area contributed by atoms with Crippen LogP contribution >= 0.6 is 0 Å². The lowest BCUT2D eigenvalue weighted by atomic mass is 9.44. The van der Waals surface area contributed by atoms with Crippen molar-refractivity contribution in [1.82, 2.24) is 9.78 Å². The second-order valence-corrected chi connectivity index (χ2v) is 13.1. The number of nitrogens with zero attached hydrogens (tertiary/aromatic N) is 2. The number of carbonyl (C=O) groups is 1. The van der Waals surface area contributed by atoms with E-state index in [0.717, 1.165) is 40.6 Å². The molecule has 5 heterocycles. The first kappa shape index (κ1) is 22.4. The summed E-state index contributed by atoms with van der Waals surface area (Å²) in [6.45, 7) is 7.20. The summed E-state index contributed by atoms with van der Waals surface area (Å²) in [5, 5.41) is 22.0. The highest BCUT2D eigenvalue weighted by molar-refractivity contribution is 5.92. The van der Waals surface area contributed by atoms with Crippen LogP contribution in [0.25, 0.3) is 10.9 Å². The van der Waals surface area contributed by atoms with E-state index in [1.54, 1.807) is 0 Å². The minimum absolute atomic E-state index is 0.0774. The molecule has 7 aliphatic rings. The smallest absolute Gasteiger partial charge is 0.334 e. The normalized spacial score (nSPS) is 48.9. The van der Waals surface area contributed by atoms with Crippen LogP contribution in [0.5, 0.6) is 0 Å². The molecule has 38 heavy (non-hydrogen) atoms. The highest BCUT2D eigenvalue weighted by Gasteiger charge is 3.04. The molecule has 200 valence electrons. The fraction of sp³-hybridized carbons (Fsp3) is 0.655. The van der Waals surface area contributed by atoms with Crippen LogP contribution in [0.4, 0.5) is 5.69 Å². The van der Waals surface area contributed by atoms with Crippen molar-refractivity contribution in [3.8, 4) is 0 Å². The summed E-state index contributed by atoms with van der Waals surface area (Å²) in [5.74, 6) is 0.0491. The number of anilines is 1. The average molecular weight is 520 g/mol. The topological polar surface area (TPSA) is 114 Å². The molecule has 2 saturated carbocycles. The predicted octanol–water partition coefficient (Wildman–Crippen LogP) is 2.47. The summed E-state index contributed by atoms with van der Waals surface area (Å²) in [5.41, 5.74) is 0.117. The number of hydrogen-bond donors (Lipinski definition) is 2. The SMILES string of the molecule is CC(C)[C@]12O[C@H]1[C@@H]1O[C@]13[C@]1(O[C@H]1C[C@H]1C4=C(CC[C@@]13C)C(=O)OC4)[C@]2(O)CNc1ccc2c(cnn2C)c1. The van der Waals surface area contributed by atoms with Crippen LogP contribution < -0.4 is 5.32 Å². The zero-order valence-electron chi connectivity index (χ0n) is 22.1. The summed E-state index contributed by atoms with van der Waals surface area (Å²) >= 11 is 0. The lowest BCUT2D eigenvalue weighted by molar-refractivity contribution is -0.159. The Kier molecular flexibility index (Phi) is 3.71. The van der Waals surface area contributed by atoms with Crippen molar-refractivity contribution in [2.45, 2.75) is 80.7 Å². The molecular weight excluding hydrogens is 486 g/mol. The number of ether oxygens (including phenoxy) is 4. The number of fused-ring (bicyclic) bond motifs is 5. The molecule has 3 aliphatic carbocycles. The Morgan fingerprint density at radius 3 is 2.87 bits per heavy atom. The van der Waals surface area contributed by atoms with E-state index in [-0.39, 0.29) is 48.1 Å². The van der Waals surface area contributed by atoms with Gasteiger partial charge in [-0.05, 0) is 54.9 Å².